The summed E-state index contributed by atoms with van der Waals surface area (Å²) in [7, 11) is 0. The van der Waals surface area contributed by atoms with Crippen LogP contribution in [0.15, 0.2) is 24.3 Å². The zero-order chi connectivity index (χ0) is 8.36. The molecule has 0 fully saturated rings. The maximum Gasteiger partial charge on any atom is -0.000178 e. The summed E-state index contributed by atoms with van der Waals surface area (Å²) in [6, 6.07) is 0. The van der Waals surface area contributed by atoms with Crippen molar-refractivity contribution in [2.24, 2.45) is 0 Å². The van der Waals surface area contributed by atoms with Crippen LogP contribution in [-0.2, 0) is 0 Å². The van der Waals surface area contributed by atoms with E-state index in [9.17, 15) is 0 Å². The third-order valence-electron chi connectivity index (χ3n) is 1.41. The average molecular weight is 264 g/mol. The van der Waals surface area contributed by atoms with Crippen molar-refractivity contribution in [2.75, 3.05) is 4.43 Å². The Bertz CT molecular complexity index is 114. The summed E-state index contributed by atoms with van der Waals surface area (Å²) in [6.07, 6.45) is 13.9. The molecule has 0 saturated carbocycles. The molecular weight excluding hydrogens is 247 g/mol. The van der Waals surface area contributed by atoms with Gasteiger partial charge in [-0.15, -0.1) is 0 Å². The van der Waals surface area contributed by atoms with Gasteiger partial charge in [-0.3, -0.25) is 0 Å². The summed E-state index contributed by atoms with van der Waals surface area (Å²) >= 11 is 2.42. The van der Waals surface area contributed by atoms with E-state index in [2.05, 4.69) is 53.8 Å². The summed E-state index contributed by atoms with van der Waals surface area (Å²) in [4.78, 5) is 0. The maximum absolute atomic E-state index is 2.42. The van der Waals surface area contributed by atoms with E-state index in [0.717, 1.165) is 0 Å². The monoisotopic (exact) mass is 264 g/mol. The number of rotatable bonds is 6. The molecule has 0 bridgehead atoms. The van der Waals surface area contributed by atoms with Crippen molar-refractivity contribution in [1.29, 1.82) is 0 Å². The molecule has 0 heterocycles. The second-order valence-electron chi connectivity index (χ2n) is 2.45. The predicted molar refractivity (Wildman–Crippen MR) is 61.3 cm³/mol. The van der Waals surface area contributed by atoms with Crippen LogP contribution < -0.4 is 0 Å². The standard InChI is InChI=1S/C10H17I/c1-2-3-4-5-6-7-8-9-10-11/h2-3,6-7H,4-5,8-10H2,1H3/b3-2-,7-6-. The molecule has 0 aliphatic rings. The molecule has 0 aromatic heterocycles. The minimum Gasteiger partial charge on any atom is -0.0917 e. The molecule has 0 amide bonds. The molecule has 64 valence electrons. The molecule has 0 atom stereocenters. The fraction of sp³-hybridized carbons (Fsp3) is 0.600. The smallest absolute Gasteiger partial charge is 0.000178 e. The van der Waals surface area contributed by atoms with E-state index in [0.29, 0.717) is 0 Å². The molecule has 0 aliphatic carbocycles. The van der Waals surface area contributed by atoms with E-state index in [4.69, 9.17) is 0 Å². The van der Waals surface area contributed by atoms with Gasteiger partial charge in [-0.25, -0.2) is 0 Å². The molecule has 0 aromatic rings. The molecule has 0 spiro atoms. The number of alkyl halides is 1. The van der Waals surface area contributed by atoms with E-state index < -0.39 is 0 Å². The maximum atomic E-state index is 2.42. The molecular formula is C10H17I. The highest BCUT2D eigenvalue weighted by Gasteiger charge is 1.78. The Morgan fingerprint density at radius 1 is 1.00 bits per heavy atom. The normalized spacial score (nSPS) is 11.8. The van der Waals surface area contributed by atoms with Crippen LogP contribution in [0.5, 0.6) is 0 Å². The van der Waals surface area contributed by atoms with Gasteiger partial charge in [0, 0.05) is 0 Å². The zero-order valence-electron chi connectivity index (χ0n) is 7.22. The Labute approximate surface area is 83.9 Å². The first-order valence-electron chi connectivity index (χ1n) is 4.24. The van der Waals surface area contributed by atoms with Gasteiger partial charge >= 0.3 is 0 Å². The third-order valence-corrected chi connectivity index (χ3v) is 2.17. The lowest BCUT2D eigenvalue weighted by atomic mass is 10.2. The quantitative estimate of drug-likeness (QED) is 0.293. The lowest BCUT2D eigenvalue weighted by Gasteiger charge is -1.87. The fourth-order valence-corrected chi connectivity index (χ4v) is 1.23. The summed E-state index contributed by atoms with van der Waals surface area (Å²) in [6.45, 7) is 2.07. The van der Waals surface area contributed by atoms with Gasteiger partial charge in [-0.2, -0.15) is 0 Å². The first-order chi connectivity index (χ1) is 5.41. The Hall–Kier alpha value is 0.210. The molecule has 0 unspecified atom stereocenters. The second kappa shape index (κ2) is 10.2. The SMILES string of the molecule is C/C=C\CC/C=C\CCCI. The van der Waals surface area contributed by atoms with Crippen molar-refractivity contribution in [2.45, 2.75) is 32.6 Å². The molecule has 11 heavy (non-hydrogen) atoms. The van der Waals surface area contributed by atoms with Crippen LogP contribution in [0, 0.1) is 0 Å². The molecule has 1 heteroatoms. The average Bonchev–Trinajstić information content (AvgIpc) is 2.03. The molecule has 0 nitrogen and oxygen atoms in total. The van der Waals surface area contributed by atoms with E-state index in [1.807, 2.05) is 0 Å². The van der Waals surface area contributed by atoms with Crippen LogP contribution in [0.1, 0.15) is 32.6 Å². The lowest BCUT2D eigenvalue weighted by Crippen LogP contribution is -1.70. The highest BCUT2D eigenvalue weighted by Crippen LogP contribution is 1.98. The van der Waals surface area contributed by atoms with E-state index in [1.165, 1.54) is 30.1 Å². The number of hydrogen-bond donors (Lipinski definition) is 0. The Morgan fingerprint density at radius 2 is 1.64 bits per heavy atom. The third kappa shape index (κ3) is 10.2. The summed E-state index contributed by atoms with van der Waals surface area (Å²) in [5.41, 5.74) is 0. The molecule has 0 aromatic carbocycles. The first kappa shape index (κ1) is 11.2. The van der Waals surface area contributed by atoms with Crippen LogP contribution in [0.25, 0.3) is 0 Å². The Kier molecular flexibility index (Phi) is 10.4. The van der Waals surface area contributed by atoms with Crippen molar-refractivity contribution in [1.82, 2.24) is 0 Å². The van der Waals surface area contributed by atoms with Crippen LogP contribution in [0.2, 0.25) is 0 Å². The summed E-state index contributed by atoms with van der Waals surface area (Å²) in [5.74, 6) is 0. The lowest BCUT2D eigenvalue weighted by molar-refractivity contribution is 0.965. The topological polar surface area (TPSA) is 0 Å². The largest absolute Gasteiger partial charge is 0.0917 e. The van der Waals surface area contributed by atoms with Gasteiger partial charge in [0.1, 0.15) is 0 Å². The molecule has 0 N–H and O–H groups in total. The van der Waals surface area contributed by atoms with Crippen LogP contribution in [0.4, 0.5) is 0 Å². The van der Waals surface area contributed by atoms with Crippen molar-refractivity contribution in [3.05, 3.63) is 24.3 Å². The highest BCUT2D eigenvalue weighted by molar-refractivity contribution is 14.1. The van der Waals surface area contributed by atoms with Crippen molar-refractivity contribution >= 4 is 22.6 Å². The first-order valence-corrected chi connectivity index (χ1v) is 5.76. The molecule has 0 rings (SSSR count). The van der Waals surface area contributed by atoms with Gasteiger partial charge in [0.05, 0.1) is 0 Å². The van der Waals surface area contributed by atoms with Crippen molar-refractivity contribution < 1.29 is 0 Å². The molecule has 0 aliphatic heterocycles. The predicted octanol–water partition coefficient (Wildman–Crippen LogP) is 4.11. The highest BCUT2D eigenvalue weighted by atomic mass is 127. The van der Waals surface area contributed by atoms with E-state index in [-0.39, 0.29) is 0 Å². The Morgan fingerprint density at radius 3 is 2.27 bits per heavy atom. The summed E-state index contributed by atoms with van der Waals surface area (Å²) < 4.78 is 1.27. The fourth-order valence-electron chi connectivity index (χ4n) is 0.790. The van der Waals surface area contributed by atoms with Crippen molar-refractivity contribution in [3.63, 3.8) is 0 Å². The van der Waals surface area contributed by atoms with Crippen molar-refractivity contribution in [3.8, 4) is 0 Å². The van der Waals surface area contributed by atoms with Gasteiger partial charge in [-0.05, 0) is 37.0 Å². The zero-order valence-corrected chi connectivity index (χ0v) is 9.38. The Balaban J connectivity index is 3.03. The van der Waals surface area contributed by atoms with Crippen LogP contribution in [0.3, 0.4) is 0 Å². The van der Waals surface area contributed by atoms with Crippen LogP contribution in [-0.4, -0.2) is 4.43 Å². The number of allylic oxidation sites excluding steroid dienone is 4. The van der Waals surface area contributed by atoms with Gasteiger partial charge in [-0.1, -0.05) is 46.9 Å². The van der Waals surface area contributed by atoms with Gasteiger partial charge < -0.3 is 0 Å². The summed E-state index contributed by atoms with van der Waals surface area (Å²) in [5, 5.41) is 0. The van der Waals surface area contributed by atoms with E-state index >= 15 is 0 Å². The number of hydrogen-bond acceptors (Lipinski definition) is 0. The molecule has 0 radical (unpaired) electrons. The minimum atomic E-state index is 1.19. The number of unbranched alkanes of at least 4 members (excludes halogenated alkanes) is 2. The van der Waals surface area contributed by atoms with Gasteiger partial charge in [0.15, 0.2) is 0 Å². The van der Waals surface area contributed by atoms with E-state index in [1.54, 1.807) is 0 Å². The minimum absolute atomic E-state index is 1.19. The van der Waals surface area contributed by atoms with Gasteiger partial charge in [0.25, 0.3) is 0 Å². The number of halogens is 1. The molecule has 0 saturated heterocycles. The second-order valence-corrected chi connectivity index (χ2v) is 3.53. The van der Waals surface area contributed by atoms with Crippen LogP contribution >= 0.6 is 22.6 Å². The van der Waals surface area contributed by atoms with Gasteiger partial charge in [0.2, 0.25) is 0 Å².